The van der Waals surface area contributed by atoms with Gasteiger partial charge in [-0.25, -0.2) is 0 Å². The highest BCUT2D eigenvalue weighted by Gasteiger charge is 2.76. The highest BCUT2D eigenvalue weighted by molar-refractivity contribution is 7.39. The zero-order valence-electron chi connectivity index (χ0n) is 24.5. The minimum Gasteiger partial charge on any atom is -0.506 e. The van der Waals surface area contributed by atoms with Gasteiger partial charge in [-0.15, -0.1) is 23.2 Å². The molecule has 9 rings (SSSR count). The molecule has 2 amide bonds. The molecule has 3 saturated carbocycles. The first-order chi connectivity index (χ1) is 21.1. The summed E-state index contributed by atoms with van der Waals surface area (Å²) in [6, 6.07) is 3.38. The third-order valence-electron chi connectivity index (χ3n) is 10.1. The van der Waals surface area contributed by atoms with Gasteiger partial charge in [-0.05, 0) is 61.8 Å². The Bertz CT molecular complexity index is 1850. The third kappa shape index (κ3) is 3.91. The fourth-order valence-corrected chi connectivity index (χ4v) is 8.95. The van der Waals surface area contributed by atoms with Gasteiger partial charge >= 0.3 is 8.60 Å². The minimum atomic E-state index is -2.66. The van der Waals surface area contributed by atoms with E-state index >= 15 is 0 Å². The second kappa shape index (κ2) is 10.3. The predicted molar refractivity (Wildman–Crippen MR) is 172 cm³/mol. The summed E-state index contributed by atoms with van der Waals surface area (Å²) in [5.74, 6) is 0.646. The summed E-state index contributed by atoms with van der Waals surface area (Å²) >= 11 is 11.1. The second-order valence-electron chi connectivity index (χ2n) is 12.6. The molecule has 44 heavy (non-hydrogen) atoms. The van der Waals surface area contributed by atoms with Crippen LogP contribution in [0.4, 0.5) is 11.4 Å². The molecular formula is C31H33Cl2N4O6P. The van der Waals surface area contributed by atoms with E-state index in [9.17, 15) is 24.5 Å². The summed E-state index contributed by atoms with van der Waals surface area (Å²) in [5, 5.41) is 12.5. The van der Waals surface area contributed by atoms with Crippen LogP contribution < -0.4 is 14.3 Å². The van der Waals surface area contributed by atoms with E-state index in [1.807, 2.05) is 26.2 Å². The molecule has 2 aromatic heterocycles. The van der Waals surface area contributed by atoms with E-state index in [0.29, 0.717) is 55.0 Å². The summed E-state index contributed by atoms with van der Waals surface area (Å²) in [6.45, 7) is 4.93. The van der Waals surface area contributed by atoms with Crippen LogP contribution >= 0.6 is 31.8 Å². The lowest BCUT2D eigenvalue weighted by atomic mass is 9.34. The van der Waals surface area contributed by atoms with Gasteiger partial charge in [-0.2, -0.15) is 0 Å². The van der Waals surface area contributed by atoms with Crippen LogP contribution in [-0.4, -0.2) is 62.0 Å². The lowest BCUT2D eigenvalue weighted by Crippen LogP contribution is -2.72. The number of anilines is 2. The fraction of sp³-hybridized carbons (Fsp3) is 0.419. The molecule has 2 bridgehead atoms. The molecule has 0 radical (unpaired) electrons. The molecule has 1 unspecified atom stereocenters. The number of amides is 2. The predicted octanol–water partition coefficient (Wildman–Crippen LogP) is 5.85. The number of benzene rings is 2. The van der Waals surface area contributed by atoms with Crippen molar-refractivity contribution < 1.29 is 29.0 Å². The topological polar surface area (TPSA) is 142 Å². The fourth-order valence-electron chi connectivity index (χ4n) is 8.38. The number of fused-ring (bicyclic) bond motifs is 6. The smallest absolute Gasteiger partial charge is 0.391 e. The molecule has 3 aliphatic carbocycles. The minimum absolute atomic E-state index is 0.0242. The number of nitrogens with one attached hydrogen (secondary N) is 2. The number of hydrogen-bond donors (Lipinski definition) is 5. The number of aromatic hydroxyl groups is 1. The van der Waals surface area contributed by atoms with E-state index in [-0.39, 0.29) is 29.2 Å². The first kappa shape index (κ1) is 29.7. The Morgan fingerprint density at radius 3 is 2.23 bits per heavy atom. The largest absolute Gasteiger partial charge is 0.506 e. The Morgan fingerprint density at radius 1 is 0.977 bits per heavy atom. The number of carbonyl (C=O) groups excluding carboxylic acids is 2. The van der Waals surface area contributed by atoms with Crippen molar-refractivity contribution in [3.63, 3.8) is 0 Å². The summed E-state index contributed by atoms with van der Waals surface area (Å²) in [4.78, 5) is 57.2. The van der Waals surface area contributed by atoms with Gasteiger partial charge in [-0.3, -0.25) is 9.59 Å². The van der Waals surface area contributed by atoms with Gasteiger partial charge in [0.05, 0.1) is 33.2 Å². The Kier molecular flexibility index (Phi) is 6.92. The van der Waals surface area contributed by atoms with Gasteiger partial charge in [0.15, 0.2) is 5.75 Å². The number of aromatic amines is 2. The number of halogens is 2. The number of aromatic nitrogens is 2. The van der Waals surface area contributed by atoms with E-state index in [4.69, 9.17) is 16.1 Å². The van der Waals surface area contributed by atoms with E-state index < -0.39 is 19.4 Å². The highest BCUT2D eigenvalue weighted by Crippen LogP contribution is 2.75. The molecule has 13 heteroatoms. The quantitative estimate of drug-likeness (QED) is 0.135. The van der Waals surface area contributed by atoms with E-state index in [1.54, 1.807) is 21.9 Å². The molecular weight excluding hydrogens is 626 g/mol. The number of phenolic OH excluding ortho intramolecular Hbond substituents is 1. The lowest BCUT2D eigenvalue weighted by Gasteiger charge is -2.69. The molecule has 0 saturated heterocycles. The SMILES string of the molecule is CCl.Cc1c[nH]c2c(O)cc3c(c12)CCN3C(=O)C12CC(C(=O)N3CC(CCl)c4c3cc(OP(O)O)c3[nH]cc(C)c43)(C1)C2. The molecule has 4 heterocycles. The van der Waals surface area contributed by atoms with Gasteiger partial charge in [-0.1, -0.05) is 0 Å². The monoisotopic (exact) mass is 658 g/mol. The molecule has 3 fully saturated rings. The lowest BCUT2D eigenvalue weighted by molar-refractivity contribution is -0.204. The average molecular weight is 660 g/mol. The summed E-state index contributed by atoms with van der Waals surface area (Å²) in [5.41, 5.74) is 5.64. The molecule has 5 aliphatic rings. The number of H-pyrrole nitrogens is 2. The Balaban J connectivity index is 0.00000153. The molecule has 4 aromatic rings. The van der Waals surface area contributed by atoms with Crippen molar-refractivity contribution in [2.45, 2.75) is 45.4 Å². The molecule has 2 aliphatic heterocycles. The van der Waals surface area contributed by atoms with Crippen LogP contribution in [0.2, 0.25) is 0 Å². The average Bonchev–Trinajstić information content (AvgIpc) is 3.72. The Hall–Kier alpha value is -3.01. The van der Waals surface area contributed by atoms with Gasteiger partial charge < -0.3 is 39.2 Å². The number of nitrogens with zero attached hydrogens (tertiary/aromatic N) is 2. The molecule has 232 valence electrons. The summed E-state index contributed by atoms with van der Waals surface area (Å²) in [6.07, 6.45) is 7.38. The second-order valence-corrected chi connectivity index (χ2v) is 13.5. The third-order valence-corrected chi connectivity index (χ3v) is 10.9. The van der Waals surface area contributed by atoms with Crippen molar-refractivity contribution in [1.29, 1.82) is 0 Å². The van der Waals surface area contributed by atoms with Crippen LogP contribution in [0.25, 0.3) is 21.8 Å². The van der Waals surface area contributed by atoms with Crippen LogP contribution in [0, 0.1) is 24.7 Å². The van der Waals surface area contributed by atoms with Crippen molar-refractivity contribution in [3.8, 4) is 11.5 Å². The Morgan fingerprint density at radius 2 is 1.59 bits per heavy atom. The number of phenols is 1. The van der Waals surface area contributed by atoms with Crippen LogP contribution in [0.1, 0.15) is 47.4 Å². The van der Waals surface area contributed by atoms with Gasteiger partial charge in [0.25, 0.3) is 0 Å². The van der Waals surface area contributed by atoms with Crippen molar-refractivity contribution in [1.82, 2.24) is 9.97 Å². The van der Waals surface area contributed by atoms with E-state index in [0.717, 1.165) is 45.1 Å². The molecule has 0 spiro atoms. The normalized spacial score (nSPS) is 24.6. The zero-order valence-corrected chi connectivity index (χ0v) is 26.9. The summed E-state index contributed by atoms with van der Waals surface area (Å²) in [7, 11) is -2.66. The summed E-state index contributed by atoms with van der Waals surface area (Å²) < 4.78 is 5.37. The first-order valence-corrected chi connectivity index (χ1v) is 16.9. The van der Waals surface area contributed by atoms with Gasteiger partial charge in [0.2, 0.25) is 11.8 Å². The van der Waals surface area contributed by atoms with Gasteiger partial charge in [0.1, 0.15) is 5.75 Å². The molecule has 1 atom stereocenters. The zero-order chi connectivity index (χ0) is 31.3. The Labute approximate surface area is 264 Å². The molecule has 10 nitrogen and oxygen atoms in total. The number of hydrogen-bond acceptors (Lipinski definition) is 6. The number of rotatable bonds is 5. The van der Waals surface area contributed by atoms with Crippen molar-refractivity contribution in [3.05, 3.63) is 46.8 Å². The number of aryl methyl sites for hydroxylation is 2. The standard InChI is InChI=1S/C30H30ClN4O6P.CH3Cl/c1-14-8-32-25-20(36)5-18-17(22(14)25)3-4-34(18)27(37)29-11-30(12-29,13-29)28(38)35-10-16(7-31)24-19(35)6-21(41-42(39)40)26-23(24)15(2)9-33-26;1-2/h5-6,8-9,16,32-33,36,39-40H,3-4,7,10-13H2,1-2H3;1H3. The number of alkyl halides is 2. The first-order valence-electron chi connectivity index (χ1n) is 14.5. The van der Waals surface area contributed by atoms with Crippen molar-refractivity contribution in [2.24, 2.45) is 10.8 Å². The van der Waals surface area contributed by atoms with Gasteiger partial charge in [0, 0.05) is 66.6 Å². The maximum Gasteiger partial charge on any atom is 0.391 e. The van der Waals surface area contributed by atoms with Crippen LogP contribution in [0.15, 0.2) is 24.5 Å². The van der Waals surface area contributed by atoms with Crippen LogP contribution in [-0.2, 0) is 16.0 Å². The van der Waals surface area contributed by atoms with Crippen LogP contribution in [0.3, 0.4) is 0 Å². The van der Waals surface area contributed by atoms with E-state index in [2.05, 4.69) is 21.6 Å². The van der Waals surface area contributed by atoms with Crippen molar-refractivity contribution in [2.75, 3.05) is 35.2 Å². The molecule has 2 aromatic carbocycles. The number of carbonyl (C=O) groups is 2. The van der Waals surface area contributed by atoms with Crippen LogP contribution in [0.5, 0.6) is 11.5 Å². The molecule has 5 N–H and O–H groups in total. The van der Waals surface area contributed by atoms with E-state index in [1.165, 1.54) is 6.38 Å². The highest BCUT2D eigenvalue weighted by atomic mass is 35.5. The maximum atomic E-state index is 14.2. The maximum absolute atomic E-state index is 14.2. The van der Waals surface area contributed by atoms with Crippen molar-refractivity contribution >= 4 is 76.8 Å².